The highest BCUT2D eigenvalue weighted by molar-refractivity contribution is 7.90. The van der Waals surface area contributed by atoms with Gasteiger partial charge in [0.1, 0.15) is 6.10 Å². The molecule has 3 N–H and O–H groups in total. The maximum absolute atomic E-state index is 11.9. The highest BCUT2D eigenvalue weighted by Crippen LogP contribution is 2.20. The number of aromatic nitrogens is 1. The van der Waals surface area contributed by atoms with Crippen LogP contribution in [0.3, 0.4) is 0 Å². The van der Waals surface area contributed by atoms with E-state index in [1.165, 1.54) is 18.3 Å². The van der Waals surface area contributed by atoms with E-state index in [2.05, 4.69) is 10.3 Å². The zero-order chi connectivity index (χ0) is 14.8. The summed E-state index contributed by atoms with van der Waals surface area (Å²) in [5.41, 5.74) is 5.92. The molecule has 0 saturated carbocycles. The number of carbonyl (C=O) groups is 1. The van der Waals surface area contributed by atoms with Crippen LogP contribution in [-0.2, 0) is 19.4 Å². The number of rotatable bonds is 4. The summed E-state index contributed by atoms with van der Waals surface area (Å²) in [5.74, 6) is -0.269. The van der Waals surface area contributed by atoms with Gasteiger partial charge in [0.2, 0.25) is 0 Å². The third-order valence-corrected chi connectivity index (χ3v) is 4.05. The minimum Gasteiger partial charge on any atom is -0.364 e. The normalized spacial score (nSPS) is 22.7. The molecule has 1 saturated heterocycles. The van der Waals surface area contributed by atoms with Crippen molar-refractivity contribution in [1.82, 2.24) is 4.98 Å². The number of sulfone groups is 1. The lowest BCUT2D eigenvalue weighted by molar-refractivity contribution is -0.126. The number of amides is 1. The lowest BCUT2D eigenvalue weighted by Crippen LogP contribution is -2.29. The lowest BCUT2D eigenvalue weighted by atomic mass is 10.2. The van der Waals surface area contributed by atoms with Gasteiger partial charge in [-0.1, -0.05) is 0 Å². The van der Waals surface area contributed by atoms with Crippen molar-refractivity contribution in [2.24, 2.45) is 5.73 Å². The van der Waals surface area contributed by atoms with Crippen LogP contribution in [0.5, 0.6) is 0 Å². The first-order valence-electron chi connectivity index (χ1n) is 6.22. The quantitative estimate of drug-likeness (QED) is 0.805. The maximum Gasteiger partial charge on any atom is 0.253 e. The molecule has 7 nitrogen and oxygen atoms in total. The number of nitrogens with one attached hydrogen (secondary N) is 1. The summed E-state index contributed by atoms with van der Waals surface area (Å²) in [7, 11) is -3.34. The number of pyridine rings is 1. The molecule has 2 atom stereocenters. The number of hydrogen-bond acceptors (Lipinski definition) is 6. The number of anilines is 1. The number of hydrogen-bond donors (Lipinski definition) is 2. The van der Waals surface area contributed by atoms with E-state index in [-0.39, 0.29) is 17.0 Å². The Balaban J connectivity index is 1.98. The van der Waals surface area contributed by atoms with Gasteiger partial charge in [-0.3, -0.25) is 4.79 Å². The molecule has 0 spiro atoms. The van der Waals surface area contributed by atoms with Gasteiger partial charge in [-0.05, 0) is 25.0 Å². The van der Waals surface area contributed by atoms with Gasteiger partial charge in [-0.25, -0.2) is 13.4 Å². The fourth-order valence-corrected chi connectivity index (χ4v) is 2.53. The molecule has 20 heavy (non-hydrogen) atoms. The fourth-order valence-electron chi connectivity index (χ4n) is 1.97. The molecule has 1 fully saturated rings. The molecular weight excluding hydrogens is 282 g/mol. The molecule has 0 radical (unpaired) electrons. The van der Waals surface area contributed by atoms with Crippen LogP contribution in [-0.4, -0.2) is 44.3 Å². The van der Waals surface area contributed by atoms with Crippen LogP contribution >= 0.6 is 0 Å². The molecule has 1 aromatic heterocycles. The Morgan fingerprint density at radius 2 is 2.25 bits per heavy atom. The smallest absolute Gasteiger partial charge is 0.253 e. The highest BCUT2D eigenvalue weighted by Gasteiger charge is 2.29. The van der Waals surface area contributed by atoms with Crippen molar-refractivity contribution in [1.29, 1.82) is 0 Å². The van der Waals surface area contributed by atoms with Crippen molar-refractivity contribution in [2.75, 3.05) is 18.1 Å². The van der Waals surface area contributed by atoms with E-state index in [4.69, 9.17) is 10.5 Å². The average molecular weight is 299 g/mol. The second-order valence-corrected chi connectivity index (χ2v) is 6.67. The minimum atomic E-state index is -3.34. The SMILES string of the molecule is CS(=O)(=O)c1ccc(NC(=O)C2CCC(CN)O2)cn1. The predicted octanol–water partition coefficient (Wildman–Crippen LogP) is -0.0701. The summed E-state index contributed by atoms with van der Waals surface area (Å²) in [4.78, 5) is 15.7. The van der Waals surface area contributed by atoms with Crippen LogP contribution in [0, 0.1) is 0 Å². The van der Waals surface area contributed by atoms with Crippen LogP contribution in [0.1, 0.15) is 12.8 Å². The van der Waals surface area contributed by atoms with E-state index >= 15 is 0 Å². The van der Waals surface area contributed by atoms with E-state index in [0.717, 1.165) is 12.7 Å². The van der Waals surface area contributed by atoms with E-state index in [1.807, 2.05) is 0 Å². The highest BCUT2D eigenvalue weighted by atomic mass is 32.2. The molecule has 1 aliphatic rings. The van der Waals surface area contributed by atoms with Crippen molar-refractivity contribution >= 4 is 21.4 Å². The molecule has 8 heteroatoms. The summed E-state index contributed by atoms with van der Waals surface area (Å²) < 4.78 is 28.0. The second-order valence-electron chi connectivity index (χ2n) is 4.71. The first kappa shape index (κ1) is 14.9. The Hall–Kier alpha value is -1.51. The number of ether oxygens (including phenoxy) is 1. The molecule has 0 aromatic carbocycles. The standard InChI is InChI=1S/C12H17N3O4S/c1-20(17,18)11-5-2-8(7-14-11)15-12(16)10-4-3-9(6-13)19-10/h2,5,7,9-10H,3-4,6,13H2,1H3,(H,15,16). The van der Waals surface area contributed by atoms with Crippen LogP contribution in [0.25, 0.3) is 0 Å². The second kappa shape index (κ2) is 5.86. The summed E-state index contributed by atoms with van der Waals surface area (Å²) in [6, 6.07) is 2.85. The molecule has 2 heterocycles. The molecule has 0 bridgehead atoms. The van der Waals surface area contributed by atoms with Crippen LogP contribution < -0.4 is 11.1 Å². The van der Waals surface area contributed by atoms with Crippen molar-refractivity contribution in [3.8, 4) is 0 Å². The summed E-state index contributed by atoms with van der Waals surface area (Å²) in [5, 5.41) is 2.61. The van der Waals surface area contributed by atoms with Gasteiger partial charge in [0.25, 0.3) is 5.91 Å². The van der Waals surface area contributed by atoms with Crippen molar-refractivity contribution < 1.29 is 17.9 Å². The molecule has 0 aliphatic carbocycles. The summed E-state index contributed by atoms with van der Waals surface area (Å²) >= 11 is 0. The first-order chi connectivity index (χ1) is 9.40. The summed E-state index contributed by atoms with van der Waals surface area (Å²) in [6.45, 7) is 0.397. The number of nitrogens with two attached hydrogens (primary N) is 1. The molecule has 2 unspecified atom stereocenters. The van der Waals surface area contributed by atoms with Gasteiger partial charge in [-0.2, -0.15) is 0 Å². The fraction of sp³-hybridized carbons (Fsp3) is 0.500. The first-order valence-corrected chi connectivity index (χ1v) is 8.12. The van der Waals surface area contributed by atoms with E-state index < -0.39 is 15.9 Å². The monoisotopic (exact) mass is 299 g/mol. The van der Waals surface area contributed by atoms with Gasteiger partial charge >= 0.3 is 0 Å². The molecule has 110 valence electrons. The zero-order valence-corrected chi connectivity index (χ0v) is 11.9. The largest absolute Gasteiger partial charge is 0.364 e. The Morgan fingerprint density at radius 1 is 1.50 bits per heavy atom. The van der Waals surface area contributed by atoms with Gasteiger partial charge in [0.05, 0.1) is 18.0 Å². The Labute approximate surface area is 117 Å². The summed E-state index contributed by atoms with van der Waals surface area (Å²) in [6.07, 6.45) is 3.19. The van der Waals surface area contributed by atoms with Crippen molar-refractivity contribution in [3.63, 3.8) is 0 Å². The predicted molar refractivity (Wildman–Crippen MR) is 72.9 cm³/mol. The van der Waals surface area contributed by atoms with Crippen molar-refractivity contribution in [3.05, 3.63) is 18.3 Å². The Kier molecular flexibility index (Phi) is 4.36. The molecule has 1 amide bonds. The Morgan fingerprint density at radius 3 is 2.75 bits per heavy atom. The molecule has 2 rings (SSSR count). The van der Waals surface area contributed by atoms with E-state index in [9.17, 15) is 13.2 Å². The topological polar surface area (TPSA) is 111 Å². The lowest BCUT2D eigenvalue weighted by Gasteiger charge is -2.12. The maximum atomic E-state index is 11.9. The van der Waals surface area contributed by atoms with Crippen LogP contribution in [0.15, 0.2) is 23.4 Å². The zero-order valence-electron chi connectivity index (χ0n) is 11.1. The van der Waals surface area contributed by atoms with Crippen LogP contribution in [0.4, 0.5) is 5.69 Å². The van der Waals surface area contributed by atoms with Gasteiger partial charge in [0, 0.05) is 12.8 Å². The third kappa shape index (κ3) is 3.53. The minimum absolute atomic E-state index is 0.0317. The van der Waals surface area contributed by atoms with E-state index in [0.29, 0.717) is 18.7 Å². The number of nitrogens with zero attached hydrogens (tertiary/aromatic N) is 1. The Bertz CT molecular complexity index is 585. The van der Waals surface area contributed by atoms with Crippen molar-refractivity contribution in [2.45, 2.75) is 30.1 Å². The average Bonchev–Trinajstić information content (AvgIpc) is 2.87. The molecule has 1 aromatic rings. The van der Waals surface area contributed by atoms with Gasteiger partial charge in [-0.15, -0.1) is 0 Å². The van der Waals surface area contributed by atoms with Gasteiger partial charge < -0.3 is 15.8 Å². The molecular formula is C12H17N3O4S. The van der Waals surface area contributed by atoms with Gasteiger partial charge in [0.15, 0.2) is 14.9 Å². The third-order valence-electron chi connectivity index (χ3n) is 3.05. The van der Waals surface area contributed by atoms with Crippen LogP contribution in [0.2, 0.25) is 0 Å². The molecule has 1 aliphatic heterocycles. The van der Waals surface area contributed by atoms with E-state index in [1.54, 1.807) is 0 Å². The number of carbonyl (C=O) groups excluding carboxylic acids is 1.